The summed E-state index contributed by atoms with van der Waals surface area (Å²) in [7, 11) is 0. The van der Waals surface area contributed by atoms with Gasteiger partial charge >= 0.3 is 0 Å². The molecule has 0 unspecified atom stereocenters. The lowest BCUT2D eigenvalue weighted by molar-refractivity contribution is -0.131. The fraction of sp³-hybridized carbons (Fsp3) is 0.529. The molecule has 1 aliphatic rings. The van der Waals surface area contributed by atoms with Gasteiger partial charge in [-0.25, -0.2) is 4.98 Å². The molecule has 3 heterocycles. The zero-order valence-corrected chi connectivity index (χ0v) is 13.9. The van der Waals surface area contributed by atoms with E-state index in [4.69, 9.17) is 0 Å². The zero-order chi connectivity index (χ0) is 16.6. The SMILES string of the molecule is O=C(CCCn1cncn1)N1CCCN(Cc2ccncc2)CC1. The van der Waals surface area contributed by atoms with E-state index in [1.807, 2.05) is 17.3 Å². The number of hydrogen-bond acceptors (Lipinski definition) is 5. The van der Waals surface area contributed by atoms with E-state index >= 15 is 0 Å². The van der Waals surface area contributed by atoms with E-state index in [2.05, 4.69) is 32.1 Å². The minimum absolute atomic E-state index is 0.251. The summed E-state index contributed by atoms with van der Waals surface area (Å²) in [5, 5.41) is 4.06. The number of nitrogens with zero attached hydrogens (tertiary/aromatic N) is 6. The fourth-order valence-corrected chi connectivity index (χ4v) is 3.02. The maximum atomic E-state index is 12.4. The number of pyridine rings is 1. The van der Waals surface area contributed by atoms with Crippen molar-refractivity contribution in [2.75, 3.05) is 26.2 Å². The predicted molar refractivity (Wildman–Crippen MR) is 90.0 cm³/mol. The first kappa shape index (κ1) is 16.6. The Labute approximate surface area is 142 Å². The molecular formula is C17H24N6O. The Morgan fingerprint density at radius 2 is 1.96 bits per heavy atom. The minimum atomic E-state index is 0.251. The molecule has 0 N–H and O–H groups in total. The van der Waals surface area contributed by atoms with E-state index in [9.17, 15) is 4.79 Å². The van der Waals surface area contributed by atoms with E-state index in [-0.39, 0.29) is 5.91 Å². The summed E-state index contributed by atoms with van der Waals surface area (Å²) in [5.41, 5.74) is 1.28. The van der Waals surface area contributed by atoms with Crippen molar-refractivity contribution >= 4 is 5.91 Å². The van der Waals surface area contributed by atoms with Crippen LogP contribution in [0.5, 0.6) is 0 Å². The van der Waals surface area contributed by atoms with Crippen molar-refractivity contribution in [1.82, 2.24) is 29.5 Å². The van der Waals surface area contributed by atoms with E-state index in [0.717, 1.165) is 52.1 Å². The number of carbonyl (C=O) groups excluding carboxylic acids is 1. The smallest absolute Gasteiger partial charge is 0.222 e. The second-order valence-electron chi connectivity index (χ2n) is 6.13. The van der Waals surface area contributed by atoms with Crippen LogP contribution in [0.25, 0.3) is 0 Å². The Morgan fingerprint density at radius 3 is 2.75 bits per heavy atom. The standard InChI is InChI=1S/C17H24N6O/c24-17(3-1-10-23-15-19-14-20-23)22-9-2-8-21(11-12-22)13-16-4-6-18-7-5-16/h4-7,14-15H,1-3,8-13H2. The van der Waals surface area contributed by atoms with Gasteiger partial charge in [0.05, 0.1) is 0 Å². The molecule has 2 aromatic rings. The number of carbonyl (C=O) groups is 1. The molecule has 0 bridgehead atoms. The van der Waals surface area contributed by atoms with Crippen molar-refractivity contribution in [2.45, 2.75) is 32.4 Å². The van der Waals surface area contributed by atoms with Gasteiger partial charge in [-0.2, -0.15) is 5.10 Å². The number of aryl methyl sites for hydroxylation is 1. The van der Waals surface area contributed by atoms with E-state index in [1.165, 1.54) is 11.9 Å². The summed E-state index contributed by atoms with van der Waals surface area (Å²) in [4.78, 5) is 24.8. The van der Waals surface area contributed by atoms with Gasteiger partial charge in [0.25, 0.3) is 0 Å². The third-order valence-corrected chi connectivity index (χ3v) is 4.34. The van der Waals surface area contributed by atoms with Crippen LogP contribution in [0.15, 0.2) is 37.2 Å². The third kappa shape index (κ3) is 4.86. The van der Waals surface area contributed by atoms with Crippen LogP contribution in [0, 0.1) is 0 Å². The molecule has 1 aliphatic heterocycles. The molecule has 128 valence electrons. The molecule has 24 heavy (non-hydrogen) atoms. The summed E-state index contributed by atoms with van der Waals surface area (Å²) < 4.78 is 1.77. The van der Waals surface area contributed by atoms with Gasteiger partial charge in [0.1, 0.15) is 12.7 Å². The first-order valence-corrected chi connectivity index (χ1v) is 8.53. The first-order valence-electron chi connectivity index (χ1n) is 8.53. The van der Waals surface area contributed by atoms with Gasteiger partial charge in [-0.1, -0.05) is 0 Å². The van der Waals surface area contributed by atoms with Gasteiger partial charge in [0, 0.05) is 58.1 Å². The van der Waals surface area contributed by atoms with E-state index < -0.39 is 0 Å². The van der Waals surface area contributed by atoms with Crippen LogP contribution in [0.2, 0.25) is 0 Å². The van der Waals surface area contributed by atoms with Crippen molar-refractivity contribution < 1.29 is 4.79 Å². The van der Waals surface area contributed by atoms with Crippen LogP contribution >= 0.6 is 0 Å². The largest absolute Gasteiger partial charge is 0.341 e. The lowest BCUT2D eigenvalue weighted by Gasteiger charge is -2.22. The third-order valence-electron chi connectivity index (χ3n) is 4.34. The Morgan fingerprint density at radius 1 is 1.08 bits per heavy atom. The Balaban J connectivity index is 1.42. The van der Waals surface area contributed by atoms with Crippen LogP contribution in [0.3, 0.4) is 0 Å². The average molecular weight is 328 g/mol. The number of aromatic nitrogens is 4. The minimum Gasteiger partial charge on any atom is -0.341 e. The molecule has 1 fully saturated rings. The molecule has 0 saturated carbocycles. The van der Waals surface area contributed by atoms with Crippen LogP contribution in [0.1, 0.15) is 24.8 Å². The molecule has 2 aromatic heterocycles. The topological polar surface area (TPSA) is 67.2 Å². The van der Waals surface area contributed by atoms with E-state index in [0.29, 0.717) is 6.42 Å². The van der Waals surface area contributed by atoms with Crippen molar-refractivity contribution in [2.24, 2.45) is 0 Å². The molecule has 1 saturated heterocycles. The second-order valence-corrected chi connectivity index (χ2v) is 6.13. The Hall–Kier alpha value is -2.28. The normalized spacial score (nSPS) is 16.1. The average Bonchev–Trinajstić information content (AvgIpc) is 3.01. The monoisotopic (exact) mass is 328 g/mol. The van der Waals surface area contributed by atoms with Crippen LogP contribution in [-0.4, -0.2) is 61.6 Å². The van der Waals surface area contributed by atoms with E-state index in [1.54, 1.807) is 11.0 Å². The molecule has 7 nitrogen and oxygen atoms in total. The van der Waals surface area contributed by atoms with Gasteiger partial charge in [0.15, 0.2) is 0 Å². The quantitative estimate of drug-likeness (QED) is 0.797. The zero-order valence-electron chi connectivity index (χ0n) is 13.9. The Kier molecular flexibility index (Phi) is 5.90. The predicted octanol–water partition coefficient (Wildman–Crippen LogP) is 1.19. The molecule has 0 radical (unpaired) electrons. The molecule has 0 aromatic carbocycles. The number of hydrogen-bond donors (Lipinski definition) is 0. The fourth-order valence-electron chi connectivity index (χ4n) is 3.02. The molecule has 0 spiro atoms. The van der Waals surface area contributed by atoms with Crippen LogP contribution in [-0.2, 0) is 17.9 Å². The highest BCUT2D eigenvalue weighted by molar-refractivity contribution is 5.76. The van der Waals surface area contributed by atoms with Crippen molar-refractivity contribution in [3.05, 3.63) is 42.7 Å². The Bertz CT molecular complexity index is 615. The lowest BCUT2D eigenvalue weighted by Crippen LogP contribution is -2.35. The summed E-state index contributed by atoms with van der Waals surface area (Å²) in [6.45, 7) is 5.30. The summed E-state index contributed by atoms with van der Waals surface area (Å²) >= 11 is 0. The van der Waals surface area contributed by atoms with Gasteiger partial charge < -0.3 is 4.90 Å². The lowest BCUT2D eigenvalue weighted by atomic mass is 10.2. The van der Waals surface area contributed by atoms with Crippen molar-refractivity contribution in [3.63, 3.8) is 0 Å². The van der Waals surface area contributed by atoms with Gasteiger partial charge in [-0.05, 0) is 30.5 Å². The summed E-state index contributed by atoms with van der Waals surface area (Å²) in [6, 6.07) is 4.11. The highest BCUT2D eigenvalue weighted by atomic mass is 16.2. The van der Waals surface area contributed by atoms with Gasteiger partial charge in [-0.15, -0.1) is 0 Å². The molecule has 3 rings (SSSR count). The molecule has 0 aliphatic carbocycles. The molecule has 1 amide bonds. The van der Waals surface area contributed by atoms with Crippen LogP contribution in [0.4, 0.5) is 0 Å². The van der Waals surface area contributed by atoms with Crippen molar-refractivity contribution in [3.8, 4) is 0 Å². The number of amides is 1. The highest BCUT2D eigenvalue weighted by Gasteiger charge is 2.18. The molecular weight excluding hydrogens is 304 g/mol. The summed E-state index contributed by atoms with van der Waals surface area (Å²) in [6.07, 6.45) is 9.28. The van der Waals surface area contributed by atoms with Gasteiger partial charge in [-0.3, -0.25) is 19.4 Å². The first-order chi connectivity index (χ1) is 11.8. The van der Waals surface area contributed by atoms with Crippen molar-refractivity contribution in [1.29, 1.82) is 0 Å². The van der Waals surface area contributed by atoms with Gasteiger partial charge in [0.2, 0.25) is 5.91 Å². The molecule has 0 atom stereocenters. The maximum Gasteiger partial charge on any atom is 0.222 e. The maximum absolute atomic E-state index is 12.4. The number of rotatable bonds is 6. The second kappa shape index (κ2) is 8.54. The molecule has 7 heteroatoms. The summed E-state index contributed by atoms with van der Waals surface area (Å²) in [5.74, 6) is 0.251. The van der Waals surface area contributed by atoms with Crippen LogP contribution < -0.4 is 0 Å². The highest BCUT2D eigenvalue weighted by Crippen LogP contribution is 2.10.